The molecule has 0 saturated carbocycles. The molecule has 1 aliphatic carbocycles. The Morgan fingerprint density at radius 2 is 1.94 bits per heavy atom. The van der Waals surface area contributed by atoms with Gasteiger partial charge in [0.15, 0.2) is 5.78 Å². The van der Waals surface area contributed by atoms with Crippen molar-refractivity contribution in [3.8, 4) is 0 Å². The molecule has 0 aliphatic heterocycles. The molecule has 2 nitrogen and oxygen atoms in total. The van der Waals surface area contributed by atoms with Crippen LogP contribution in [0.25, 0.3) is 0 Å². The fourth-order valence-electron chi connectivity index (χ4n) is 2.59. The van der Waals surface area contributed by atoms with Crippen LogP contribution in [0.4, 0.5) is 0 Å². The summed E-state index contributed by atoms with van der Waals surface area (Å²) >= 11 is 0. The average molecular weight is 225 g/mol. The standard InChI is InChI=1S/C15H15NO/c1-11-9-13-14(7-8-15(13)17)16(11)10-12-5-3-2-4-6-12/h2-6,9H,7-8,10H2,1H3. The second kappa shape index (κ2) is 3.88. The SMILES string of the molecule is Cc1cc2c(n1Cc1ccccc1)CCC2=O. The van der Waals surface area contributed by atoms with Crippen LogP contribution in [0.2, 0.25) is 0 Å². The van der Waals surface area contributed by atoms with Crippen molar-refractivity contribution in [2.45, 2.75) is 26.3 Å². The molecule has 0 bridgehead atoms. The van der Waals surface area contributed by atoms with Crippen LogP contribution in [0, 0.1) is 6.92 Å². The van der Waals surface area contributed by atoms with Crippen molar-refractivity contribution in [1.82, 2.24) is 4.57 Å². The molecule has 0 N–H and O–H groups in total. The maximum Gasteiger partial charge on any atom is 0.165 e. The van der Waals surface area contributed by atoms with Crippen LogP contribution in [0.15, 0.2) is 36.4 Å². The highest BCUT2D eigenvalue weighted by atomic mass is 16.1. The highest BCUT2D eigenvalue weighted by Gasteiger charge is 2.24. The molecule has 0 unspecified atom stereocenters. The van der Waals surface area contributed by atoms with Gasteiger partial charge in [-0.15, -0.1) is 0 Å². The van der Waals surface area contributed by atoms with Gasteiger partial charge in [-0.25, -0.2) is 0 Å². The third-order valence-electron chi connectivity index (χ3n) is 3.49. The summed E-state index contributed by atoms with van der Waals surface area (Å²) in [5.41, 5.74) is 4.63. The normalized spacial score (nSPS) is 14.1. The molecular formula is C15H15NO. The first-order valence-corrected chi connectivity index (χ1v) is 6.02. The number of aryl methyl sites for hydroxylation is 1. The quantitative estimate of drug-likeness (QED) is 0.770. The Kier molecular flexibility index (Phi) is 2.36. The van der Waals surface area contributed by atoms with Crippen molar-refractivity contribution >= 4 is 5.78 Å². The van der Waals surface area contributed by atoms with Gasteiger partial charge in [0.25, 0.3) is 0 Å². The Balaban J connectivity index is 1.99. The molecule has 1 aromatic heterocycles. The number of carbonyl (C=O) groups is 1. The number of carbonyl (C=O) groups excluding carboxylic acids is 1. The van der Waals surface area contributed by atoms with E-state index in [1.807, 2.05) is 12.1 Å². The third-order valence-corrected chi connectivity index (χ3v) is 3.49. The minimum Gasteiger partial charge on any atom is -0.344 e. The Bertz CT molecular complexity index is 566. The zero-order chi connectivity index (χ0) is 11.8. The second-order valence-electron chi connectivity index (χ2n) is 4.64. The molecule has 0 fully saturated rings. The zero-order valence-electron chi connectivity index (χ0n) is 9.94. The molecule has 1 aliphatic rings. The lowest BCUT2D eigenvalue weighted by atomic mass is 10.2. The maximum absolute atomic E-state index is 11.7. The molecule has 86 valence electrons. The number of hydrogen-bond donors (Lipinski definition) is 0. The van der Waals surface area contributed by atoms with Crippen LogP contribution < -0.4 is 0 Å². The van der Waals surface area contributed by atoms with E-state index < -0.39 is 0 Å². The Morgan fingerprint density at radius 3 is 2.71 bits per heavy atom. The fraction of sp³-hybridized carbons (Fsp3) is 0.267. The number of benzene rings is 1. The van der Waals surface area contributed by atoms with Crippen LogP contribution >= 0.6 is 0 Å². The van der Waals surface area contributed by atoms with E-state index in [9.17, 15) is 4.79 Å². The average Bonchev–Trinajstić information content (AvgIpc) is 2.83. The number of rotatable bonds is 2. The van der Waals surface area contributed by atoms with Crippen LogP contribution in [0.5, 0.6) is 0 Å². The number of aromatic nitrogens is 1. The van der Waals surface area contributed by atoms with Gasteiger partial charge in [-0.3, -0.25) is 4.79 Å². The molecule has 2 aromatic rings. The minimum atomic E-state index is 0.301. The highest BCUT2D eigenvalue weighted by Crippen LogP contribution is 2.26. The van der Waals surface area contributed by atoms with Crippen molar-refractivity contribution in [2.24, 2.45) is 0 Å². The van der Waals surface area contributed by atoms with Crippen molar-refractivity contribution in [2.75, 3.05) is 0 Å². The highest BCUT2D eigenvalue weighted by molar-refractivity contribution is 6.00. The summed E-state index contributed by atoms with van der Waals surface area (Å²) in [6, 6.07) is 12.4. The summed E-state index contributed by atoms with van der Waals surface area (Å²) < 4.78 is 2.27. The van der Waals surface area contributed by atoms with Gasteiger partial charge in [-0.05, 0) is 25.0 Å². The Labute approximate surface area is 101 Å². The minimum absolute atomic E-state index is 0.301. The maximum atomic E-state index is 11.7. The number of fused-ring (bicyclic) bond motifs is 1. The fourth-order valence-corrected chi connectivity index (χ4v) is 2.59. The van der Waals surface area contributed by atoms with E-state index in [-0.39, 0.29) is 0 Å². The van der Waals surface area contributed by atoms with E-state index in [2.05, 4.69) is 35.8 Å². The van der Waals surface area contributed by atoms with Gasteiger partial charge in [0.2, 0.25) is 0 Å². The van der Waals surface area contributed by atoms with E-state index in [0.717, 1.165) is 18.5 Å². The summed E-state index contributed by atoms with van der Waals surface area (Å²) in [5.74, 6) is 0.301. The first-order chi connectivity index (χ1) is 8.25. The molecule has 0 radical (unpaired) electrons. The zero-order valence-corrected chi connectivity index (χ0v) is 9.94. The lowest BCUT2D eigenvalue weighted by molar-refractivity contribution is 0.0994. The number of Topliss-reactive ketones (excluding diaryl/α,β-unsaturated/α-hetero) is 1. The Morgan fingerprint density at radius 1 is 1.18 bits per heavy atom. The molecule has 0 saturated heterocycles. The molecule has 0 amide bonds. The molecule has 2 heteroatoms. The predicted molar refractivity (Wildman–Crippen MR) is 67.4 cm³/mol. The van der Waals surface area contributed by atoms with Gasteiger partial charge in [-0.1, -0.05) is 30.3 Å². The van der Waals surface area contributed by atoms with Crippen molar-refractivity contribution < 1.29 is 4.79 Å². The third kappa shape index (κ3) is 1.70. The van der Waals surface area contributed by atoms with Gasteiger partial charge in [0.1, 0.15) is 0 Å². The molecule has 3 rings (SSSR count). The molecule has 1 aromatic carbocycles. The van der Waals surface area contributed by atoms with Gasteiger partial charge in [0.05, 0.1) is 0 Å². The molecule has 17 heavy (non-hydrogen) atoms. The molecule has 0 spiro atoms. The predicted octanol–water partition coefficient (Wildman–Crippen LogP) is 2.97. The van der Waals surface area contributed by atoms with Gasteiger partial charge in [-0.2, -0.15) is 0 Å². The monoisotopic (exact) mass is 225 g/mol. The largest absolute Gasteiger partial charge is 0.344 e. The molecule has 0 atom stereocenters. The molecule has 1 heterocycles. The van der Waals surface area contributed by atoms with Crippen LogP contribution in [-0.2, 0) is 13.0 Å². The van der Waals surface area contributed by atoms with E-state index in [0.29, 0.717) is 12.2 Å². The Hall–Kier alpha value is -1.83. The van der Waals surface area contributed by atoms with E-state index in [4.69, 9.17) is 0 Å². The first kappa shape index (κ1) is 10.3. The summed E-state index contributed by atoms with van der Waals surface area (Å²) in [6.45, 7) is 2.95. The number of hydrogen-bond acceptors (Lipinski definition) is 1. The van der Waals surface area contributed by atoms with E-state index >= 15 is 0 Å². The molecular weight excluding hydrogens is 210 g/mol. The van der Waals surface area contributed by atoms with Crippen LogP contribution in [0.1, 0.15) is 33.7 Å². The van der Waals surface area contributed by atoms with E-state index in [1.54, 1.807) is 0 Å². The van der Waals surface area contributed by atoms with Crippen molar-refractivity contribution in [3.63, 3.8) is 0 Å². The summed E-state index contributed by atoms with van der Waals surface area (Å²) in [5, 5.41) is 0. The summed E-state index contributed by atoms with van der Waals surface area (Å²) in [7, 11) is 0. The van der Waals surface area contributed by atoms with Crippen LogP contribution in [-0.4, -0.2) is 10.4 Å². The van der Waals surface area contributed by atoms with Gasteiger partial charge < -0.3 is 4.57 Å². The number of nitrogens with zero attached hydrogens (tertiary/aromatic N) is 1. The lowest BCUT2D eigenvalue weighted by Crippen LogP contribution is -2.05. The topological polar surface area (TPSA) is 22.0 Å². The number of ketones is 1. The van der Waals surface area contributed by atoms with Crippen molar-refractivity contribution in [1.29, 1.82) is 0 Å². The summed E-state index contributed by atoms with van der Waals surface area (Å²) in [4.78, 5) is 11.7. The lowest BCUT2D eigenvalue weighted by Gasteiger charge is -2.10. The second-order valence-corrected chi connectivity index (χ2v) is 4.64. The van der Waals surface area contributed by atoms with Gasteiger partial charge >= 0.3 is 0 Å². The first-order valence-electron chi connectivity index (χ1n) is 6.02. The van der Waals surface area contributed by atoms with E-state index in [1.165, 1.54) is 17.0 Å². The van der Waals surface area contributed by atoms with Crippen molar-refractivity contribution in [3.05, 3.63) is 58.9 Å². The summed E-state index contributed by atoms with van der Waals surface area (Å²) in [6.07, 6.45) is 1.58. The van der Waals surface area contributed by atoms with Gasteiger partial charge in [0, 0.05) is 29.9 Å². The van der Waals surface area contributed by atoms with Crippen LogP contribution in [0.3, 0.4) is 0 Å². The smallest absolute Gasteiger partial charge is 0.165 e.